The van der Waals surface area contributed by atoms with E-state index in [2.05, 4.69) is 15.0 Å². The molecule has 17 heavy (non-hydrogen) atoms. The van der Waals surface area contributed by atoms with E-state index in [-0.39, 0.29) is 5.56 Å². The molecular weight excluding hydrogens is 238 g/mol. The van der Waals surface area contributed by atoms with Crippen molar-refractivity contribution in [3.63, 3.8) is 0 Å². The molecule has 2 rings (SSSR count). The normalized spacial score (nSPS) is 10.1. The zero-order chi connectivity index (χ0) is 12.1. The van der Waals surface area contributed by atoms with Gasteiger partial charge in [-0.3, -0.25) is 0 Å². The number of hydrogen-bond acceptors (Lipinski definition) is 5. The first kappa shape index (κ1) is 11.5. The number of aromatic carboxylic acids is 1. The van der Waals surface area contributed by atoms with E-state index >= 15 is 0 Å². The van der Waals surface area contributed by atoms with Gasteiger partial charge in [0.1, 0.15) is 11.4 Å². The Morgan fingerprint density at radius 2 is 2.18 bits per heavy atom. The van der Waals surface area contributed by atoms with Crippen molar-refractivity contribution in [2.75, 3.05) is 0 Å². The lowest BCUT2D eigenvalue weighted by molar-refractivity contribution is 0.0692. The van der Waals surface area contributed by atoms with Crippen molar-refractivity contribution in [3.8, 4) is 0 Å². The summed E-state index contributed by atoms with van der Waals surface area (Å²) in [7, 11) is 0. The summed E-state index contributed by atoms with van der Waals surface area (Å²) in [5.41, 5.74) is 1.05. The van der Waals surface area contributed by atoms with Gasteiger partial charge in [0.2, 0.25) is 0 Å². The van der Waals surface area contributed by atoms with Crippen molar-refractivity contribution in [2.45, 2.75) is 10.8 Å². The maximum Gasteiger partial charge on any atom is 0.338 e. The third-order valence-electron chi connectivity index (χ3n) is 2.00. The Kier molecular flexibility index (Phi) is 3.66. The van der Waals surface area contributed by atoms with Gasteiger partial charge in [0.05, 0.1) is 11.3 Å². The predicted molar refractivity (Wildman–Crippen MR) is 62.8 cm³/mol. The van der Waals surface area contributed by atoms with Crippen LogP contribution >= 0.6 is 11.8 Å². The molecule has 0 aromatic carbocycles. The van der Waals surface area contributed by atoms with E-state index in [0.717, 1.165) is 5.69 Å². The Morgan fingerprint density at radius 3 is 2.88 bits per heavy atom. The number of thioether (sulfide) groups is 1. The standard InChI is InChI=1S/C11H9N3O2S/c15-11(16)9-2-1-4-13-10(9)17-6-8-3-5-12-7-14-8/h1-5,7H,6H2,(H,15,16). The van der Waals surface area contributed by atoms with E-state index in [4.69, 9.17) is 5.11 Å². The highest BCUT2D eigenvalue weighted by atomic mass is 32.2. The van der Waals surface area contributed by atoms with Gasteiger partial charge in [0, 0.05) is 18.1 Å². The first-order chi connectivity index (χ1) is 8.27. The van der Waals surface area contributed by atoms with Crippen LogP contribution < -0.4 is 0 Å². The van der Waals surface area contributed by atoms with E-state index < -0.39 is 5.97 Å². The highest BCUT2D eigenvalue weighted by Crippen LogP contribution is 2.22. The molecule has 0 bridgehead atoms. The fraction of sp³-hybridized carbons (Fsp3) is 0.0909. The zero-order valence-corrected chi connectivity index (χ0v) is 9.59. The van der Waals surface area contributed by atoms with Gasteiger partial charge in [-0.1, -0.05) is 11.8 Å². The van der Waals surface area contributed by atoms with Gasteiger partial charge >= 0.3 is 5.97 Å². The van der Waals surface area contributed by atoms with E-state index in [1.165, 1.54) is 24.2 Å². The molecule has 0 spiro atoms. The lowest BCUT2D eigenvalue weighted by Gasteiger charge is -2.03. The third-order valence-corrected chi connectivity index (χ3v) is 3.04. The second-order valence-corrected chi connectivity index (χ2v) is 4.11. The first-order valence-electron chi connectivity index (χ1n) is 4.83. The Hall–Kier alpha value is -1.95. The average molecular weight is 247 g/mol. The molecule has 0 atom stereocenters. The van der Waals surface area contributed by atoms with Gasteiger partial charge in [-0.25, -0.2) is 19.7 Å². The number of pyridine rings is 1. The van der Waals surface area contributed by atoms with E-state index in [1.807, 2.05) is 0 Å². The summed E-state index contributed by atoms with van der Waals surface area (Å²) in [5, 5.41) is 9.48. The molecule has 2 aromatic heterocycles. The molecule has 0 saturated carbocycles. The highest BCUT2D eigenvalue weighted by Gasteiger charge is 2.10. The number of aromatic nitrogens is 3. The Morgan fingerprint density at radius 1 is 1.29 bits per heavy atom. The predicted octanol–water partition coefficient (Wildman–Crippen LogP) is 1.86. The van der Waals surface area contributed by atoms with Crippen LogP contribution in [-0.2, 0) is 5.75 Å². The molecule has 0 saturated heterocycles. The Labute approximate surface area is 102 Å². The number of rotatable bonds is 4. The van der Waals surface area contributed by atoms with Crippen LogP contribution in [0.3, 0.4) is 0 Å². The van der Waals surface area contributed by atoms with Crippen molar-refractivity contribution in [2.24, 2.45) is 0 Å². The quantitative estimate of drug-likeness (QED) is 0.831. The summed E-state index contributed by atoms with van der Waals surface area (Å²) in [4.78, 5) is 22.9. The van der Waals surface area contributed by atoms with Crippen molar-refractivity contribution >= 4 is 17.7 Å². The summed E-state index contributed by atoms with van der Waals surface area (Å²) >= 11 is 1.35. The molecule has 0 radical (unpaired) electrons. The molecule has 5 nitrogen and oxygen atoms in total. The maximum atomic E-state index is 11.0. The number of hydrogen-bond donors (Lipinski definition) is 1. The van der Waals surface area contributed by atoms with E-state index in [1.54, 1.807) is 24.5 Å². The van der Waals surface area contributed by atoms with Crippen LogP contribution in [0.15, 0.2) is 41.9 Å². The smallest absolute Gasteiger partial charge is 0.338 e. The molecule has 1 N–H and O–H groups in total. The molecule has 0 fully saturated rings. The van der Waals surface area contributed by atoms with Gasteiger partial charge in [0.25, 0.3) is 0 Å². The van der Waals surface area contributed by atoms with Crippen LogP contribution in [0.4, 0.5) is 0 Å². The maximum absolute atomic E-state index is 11.0. The summed E-state index contributed by atoms with van der Waals surface area (Å²) in [6.07, 6.45) is 4.70. The second-order valence-electron chi connectivity index (χ2n) is 3.15. The molecule has 0 unspecified atom stereocenters. The van der Waals surface area contributed by atoms with Gasteiger partial charge in [-0.05, 0) is 18.2 Å². The molecule has 0 aliphatic rings. The van der Waals surface area contributed by atoms with E-state index in [0.29, 0.717) is 10.8 Å². The number of carboxylic acids is 1. The largest absolute Gasteiger partial charge is 0.478 e. The van der Waals surface area contributed by atoms with Crippen LogP contribution in [0.5, 0.6) is 0 Å². The van der Waals surface area contributed by atoms with Crippen LogP contribution in [0.2, 0.25) is 0 Å². The number of carboxylic acid groups (broad SMARTS) is 1. The summed E-state index contributed by atoms with van der Waals surface area (Å²) in [6.45, 7) is 0. The zero-order valence-electron chi connectivity index (χ0n) is 8.78. The lowest BCUT2D eigenvalue weighted by Crippen LogP contribution is -2.00. The first-order valence-corrected chi connectivity index (χ1v) is 5.82. The van der Waals surface area contributed by atoms with Gasteiger partial charge in [-0.2, -0.15) is 0 Å². The third kappa shape index (κ3) is 3.01. The number of carbonyl (C=O) groups is 1. The molecular formula is C11H9N3O2S. The second kappa shape index (κ2) is 5.40. The van der Waals surface area contributed by atoms with Crippen LogP contribution in [0.25, 0.3) is 0 Å². The summed E-state index contributed by atoms with van der Waals surface area (Å²) < 4.78 is 0. The summed E-state index contributed by atoms with van der Waals surface area (Å²) in [6, 6.07) is 4.94. The van der Waals surface area contributed by atoms with Crippen molar-refractivity contribution in [3.05, 3.63) is 48.2 Å². The summed E-state index contributed by atoms with van der Waals surface area (Å²) in [5.74, 6) is -0.400. The molecule has 2 heterocycles. The minimum Gasteiger partial charge on any atom is -0.478 e. The van der Waals surface area contributed by atoms with Crippen molar-refractivity contribution in [1.29, 1.82) is 0 Å². The van der Waals surface area contributed by atoms with Gasteiger partial charge in [0.15, 0.2) is 0 Å². The Bertz CT molecular complexity index is 519. The lowest BCUT2D eigenvalue weighted by atomic mass is 10.3. The van der Waals surface area contributed by atoms with Crippen LogP contribution in [0.1, 0.15) is 16.1 Å². The van der Waals surface area contributed by atoms with Crippen molar-refractivity contribution in [1.82, 2.24) is 15.0 Å². The minimum absolute atomic E-state index is 0.214. The van der Waals surface area contributed by atoms with Crippen LogP contribution in [-0.4, -0.2) is 26.0 Å². The SMILES string of the molecule is O=C(O)c1cccnc1SCc1ccncn1. The minimum atomic E-state index is -0.969. The molecule has 0 aliphatic carbocycles. The van der Waals surface area contributed by atoms with Gasteiger partial charge in [-0.15, -0.1) is 0 Å². The number of nitrogens with zero attached hydrogens (tertiary/aromatic N) is 3. The fourth-order valence-electron chi connectivity index (χ4n) is 1.21. The highest BCUT2D eigenvalue weighted by molar-refractivity contribution is 7.98. The molecule has 6 heteroatoms. The fourth-order valence-corrected chi connectivity index (χ4v) is 2.12. The topological polar surface area (TPSA) is 76.0 Å². The molecule has 2 aromatic rings. The van der Waals surface area contributed by atoms with Gasteiger partial charge < -0.3 is 5.11 Å². The monoisotopic (exact) mass is 247 g/mol. The van der Waals surface area contributed by atoms with Crippen LogP contribution in [0, 0.1) is 0 Å². The molecule has 86 valence electrons. The average Bonchev–Trinajstić information content (AvgIpc) is 2.38. The van der Waals surface area contributed by atoms with Crippen molar-refractivity contribution < 1.29 is 9.90 Å². The Balaban J connectivity index is 2.12. The molecule has 0 amide bonds. The molecule has 0 aliphatic heterocycles. The van der Waals surface area contributed by atoms with E-state index in [9.17, 15) is 4.79 Å².